The SMILES string of the molecule is COc1cccc([C@H]2[C@H](C(=O)c3ccc(F)cc3)N3c4ccccc4C=C[C@@H]3C23C(=O)c2ccccc2C3=O)c1. The fraction of sp³-hybridized carbons (Fsp3) is 0.147. The van der Waals surface area contributed by atoms with Crippen molar-refractivity contribution in [1.82, 2.24) is 0 Å². The number of ketones is 3. The number of carbonyl (C=O) groups excluding carboxylic acids is 3. The van der Waals surface area contributed by atoms with Gasteiger partial charge in [0.2, 0.25) is 0 Å². The quantitative estimate of drug-likeness (QED) is 0.234. The van der Waals surface area contributed by atoms with Crippen molar-refractivity contribution in [2.24, 2.45) is 5.41 Å². The maximum atomic E-state index is 14.6. The van der Waals surface area contributed by atoms with Crippen molar-refractivity contribution in [3.63, 3.8) is 0 Å². The number of para-hydroxylation sites is 1. The first-order valence-corrected chi connectivity index (χ1v) is 13.1. The molecule has 0 aromatic heterocycles. The molecule has 2 heterocycles. The van der Waals surface area contributed by atoms with Crippen LogP contribution in [0.25, 0.3) is 6.08 Å². The number of fused-ring (bicyclic) bond motifs is 5. The number of halogens is 1. The summed E-state index contributed by atoms with van der Waals surface area (Å²) in [5, 5.41) is 0. The van der Waals surface area contributed by atoms with E-state index in [9.17, 15) is 18.8 Å². The maximum absolute atomic E-state index is 14.6. The van der Waals surface area contributed by atoms with Gasteiger partial charge in [-0.3, -0.25) is 14.4 Å². The van der Waals surface area contributed by atoms with Gasteiger partial charge in [-0.1, -0.05) is 66.7 Å². The fourth-order valence-electron chi connectivity index (χ4n) is 6.91. The predicted molar refractivity (Wildman–Crippen MR) is 150 cm³/mol. The normalized spacial score (nSPS) is 21.8. The molecule has 0 radical (unpaired) electrons. The molecule has 0 bridgehead atoms. The maximum Gasteiger partial charge on any atom is 0.185 e. The summed E-state index contributed by atoms with van der Waals surface area (Å²) in [5.41, 5.74) is 1.72. The Morgan fingerprint density at radius 1 is 0.850 bits per heavy atom. The van der Waals surface area contributed by atoms with Crippen molar-refractivity contribution in [3.8, 4) is 5.75 Å². The van der Waals surface area contributed by atoms with Crippen LogP contribution in [0.1, 0.15) is 48.1 Å². The summed E-state index contributed by atoms with van der Waals surface area (Å²) < 4.78 is 19.4. The van der Waals surface area contributed by atoms with E-state index in [2.05, 4.69) is 0 Å². The Balaban J connectivity index is 1.55. The van der Waals surface area contributed by atoms with Crippen LogP contribution in [0.5, 0.6) is 5.75 Å². The molecule has 4 aromatic rings. The summed E-state index contributed by atoms with van der Waals surface area (Å²) in [7, 11) is 1.55. The number of carbonyl (C=O) groups is 3. The lowest BCUT2D eigenvalue weighted by molar-refractivity contribution is 0.0665. The molecule has 1 fully saturated rings. The van der Waals surface area contributed by atoms with E-state index < -0.39 is 29.2 Å². The number of benzene rings is 4. The minimum absolute atomic E-state index is 0.295. The summed E-state index contributed by atoms with van der Waals surface area (Å²) in [4.78, 5) is 45.7. The molecule has 6 heteroatoms. The van der Waals surface area contributed by atoms with E-state index in [1.54, 1.807) is 49.6 Å². The molecule has 0 unspecified atom stereocenters. The highest BCUT2D eigenvalue weighted by molar-refractivity contribution is 6.32. The second-order valence-electron chi connectivity index (χ2n) is 10.4. The molecule has 1 spiro atoms. The van der Waals surface area contributed by atoms with E-state index in [1.807, 2.05) is 47.4 Å². The zero-order chi connectivity index (χ0) is 27.6. The second kappa shape index (κ2) is 8.85. The van der Waals surface area contributed by atoms with Crippen LogP contribution in [-0.2, 0) is 0 Å². The van der Waals surface area contributed by atoms with Gasteiger partial charge in [0, 0.05) is 28.3 Å². The third-order valence-corrected chi connectivity index (χ3v) is 8.56. The van der Waals surface area contributed by atoms with E-state index in [0.29, 0.717) is 28.0 Å². The number of methoxy groups -OCH3 is 1. The molecular formula is C34H24FNO4. The minimum atomic E-state index is -1.60. The van der Waals surface area contributed by atoms with Gasteiger partial charge in [0.05, 0.1) is 13.2 Å². The van der Waals surface area contributed by atoms with Crippen LogP contribution in [0.2, 0.25) is 0 Å². The molecule has 7 rings (SSSR count). The van der Waals surface area contributed by atoms with Crippen LogP contribution >= 0.6 is 0 Å². The molecule has 4 aromatic carbocycles. The minimum Gasteiger partial charge on any atom is -0.497 e. The monoisotopic (exact) mass is 529 g/mol. The van der Waals surface area contributed by atoms with Gasteiger partial charge in [0.15, 0.2) is 17.3 Å². The number of hydrogen-bond donors (Lipinski definition) is 0. The lowest BCUT2D eigenvalue weighted by Crippen LogP contribution is -2.48. The van der Waals surface area contributed by atoms with Crippen LogP contribution in [-0.4, -0.2) is 36.5 Å². The summed E-state index contributed by atoms with van der Waals surface area (Å²) >= 11 is 0. The van der Waals surface area contributed by atoms with Gasteiger partial charge in [-0.2, -0.15) is 0 Å². The number of hydrogen-bond acceptors (Lipinski definition) is 5. The summed E-state index contributed by atoms with van der Waals surface area (Å²) in [6.07, 6.45) is 3.81. The van der Waals surface area contributed by atoms with Gasteiger partial charge in [0.25, 0.3) is 0 Å². The Labute approximate surface area is 230 Å². The highest BCUT2D eigenvalue weighted by Crippen LogP contribution is 2.61. The Morgan fingerprint density at radius 3 is 2.23 bits per heavy atom. The molecule has 0 saturated carbocycles. The van der Waals surface area contributed by atoms with Crippen molar-refractivity contribution in [1.29, 1.82) is 0 Å². The largest absolute Gasteiger partial charge is 0.497 e. The van der Waals surface area contributed by atoms with Gasteiger partial charge < -0.3 is 9.64 Å². The molecule has 0 N–H and O–H groups in total. The molecule has 3 aliphatic rings. The standard InChI is InChI=1S/C34H24FNO4/c1-40-24-9-6-8-22(19-24)29-30(31(37)21-13-16-23(35)17-14-21)36-27-12-5-2-7-20(27)15-18-28(36)34(29)32(38)25-10-3-4-11-26(25)33(34)39/h2-19,28-30H,1H3/t28-,29+,30-/m1/s1. The van der Waals surface area contributed by atoms with E-state index in [1.165, 1.54) is 24.3 Å². The van der Waals surface area contributed by atoms with Crippen molar-refractivity contribution in [2.45, 2.75) is 18.0 Å². The van der Waals surface area contributed by atoms with E-state index >= 15 is 0 Å². The molecule has 1 saturated heterocycles. The average Bonchev–Trinajstić information content (AvgIpc) is 3.43. The molecule has 3 atom stereocenters. The highest BCUT2D eigenvalue weighted by Gasteiger charge is 2.71. The Morgan fingerprint density at radius 2 is 1.52 bits per heavy atom. The summed E-state index contributed by atoms with van der Waals surface area (Å²) in [5.74, 6) is -1.64. The smallest absolute Gasteiger partial charge is 0.185 e. The van der Waals surface area contributed by atoms with Crippen LogP contribution in [0.15, 0.2) is 103 Å². The summed E-state index contributed by atoms with van der Waals surface area (Å²) in [6.45, 7) is 0. The van der Waals surface area contributed by atoms with Crippen LogP contribution in [0, 0.1) is 11.2 Å². The van der Waals surface area contributed by atoms with E-state index in [0.717, 1.165) is 11.3 Å². The zero-order valence-corrected chi connectivity index (χ0v) is 21.6. The van der Waals surface area contributed by atoms with Gasteiger partial charge in [-0.25, -0.2) is 4.39 Å². The molecule has 0 amide bonds. The Kier molecular flexibility index (Phi) is 5.36. The first-order valence-electron chi connectivity index (χ1n) is 13.1. The summed E-state index contributed by atoms with van der Waals surface area (Å²) in [6, 6.07) is 25.5. The van der Waals surface area contributed by atoms with E-state index in [-0.39, 0.29) is 17.3 Å². The first kappa shape index (κ1) is 24.2. The van der Waals surface area contributed by atoms with Crippen molar-refractivity contribution >= 4 is 29.1 Å². The number of anilines is 1. The Hall–Kier alpha value is -4.84. The van der Waals surface area contributed by atoms with Gasteiger partial charge in [-0.15, -0.1) is 0 Å². The van der Waals surface area contributed by atoms with Crippen LogP contribution in [0.3, 0.4) is 0 Å². The molecule has 5 nitrogen and oxygen atoms in total. The van der Waals surface area contributed by atoms with Crippen LogP contribution < -0.4 is 9.64 Å². The molecule has 196 valence electrons. The third-order valence-electron chi connectivity index (χ3n) is 8.56. The first-order chi connectivity index (χ1) is 19.5. The van der Waals surface area contributed by atoms with Gasteiger partial charge >= 0.3 is 0 Å². The number of rotatable bonds is 4. The molecular weight excluding hydrogens is 505 g/mol. The second-order valence-corrected chi connectivity index (χ2v) is 10.4. The van der Waals surface area contributed by atoms with Gasteiger partial charge in [-0.05, 0) is 53.6 Å². The topological polar surface area (TPSA) is 63.7 Å². The fourth-order valence-corrected chi connectivity index (χ4v) is 6.91. The van der Waals surface area contributed by atoms with Crippen molar-refractivity contribution in [3.05, 3.63) is 137 Å². The van der Waals surface area contributed by atoms with Crippen molar-refractivity contribution in [2.75, 3.05) is 12.0 Å². The average molecular weight is 530 g/mol. The Bertz CT molecular complexity index is 1710. The lowest BCUT2D eigenvalue weighted by atomic mass is 9.64. The lowest BCUT2D eigenvalue weighted by Gasteiger charge is -2.37. The van der Waals surface area contributed by atoms with Crippen molar-refractivity contribution < 1.29 is 23.5 Å². The molecule has 40 heavy (non-hydrogen) atoms. The van der Waals surface area contributed by atoms with E-state index in [4.69, 9.17) is 4.74 Å². The molecule has 2 aliphatic heterocycles. The number of ether oxygens (including phenoxy) is 1. The van der Waals surface area contributed by atoms with Crippen LogP contribution in [0.4, 0.5) is 10.1 Å². The number of nitrogens with zero attached hydrogens (tertiary/aromatic N) is 1. The van der Waals surface area contributed by atoms with Gasteiger partial charge in [0.1, 0.15) is 23.0 Å². The number of Topliss-reactive ketones (excluding diaryl/α,β-unsaturated/α-hetero) is 3. The third kappa shape index (κ3) is 3.16. The predicted octanol–water partition coefficient (Wildman–Crippen LogP) is 6.15. The zero-order valence-electron chi connectivity index (χ0n) is 21.6. The highest BCUT2D eigenvalue weighted by atomic mass is 19.1. The molecule has 1 aliphatic carbocycles.